The fourth-order valence-corrected chi connectivity index (χ4v) is 5.65. The van der Waals surface area contributed by atoms with Crippen molar-refractivity contribution in [3.05, 3.63) is 111 Å². The van der Waals surface area contributed by atoms with Gasteiger partial charge in [-0.2, -0.15) is 0 Å². The van der Waals surface area contributed by atoms with Crippen LogP contribution < -0.4 is 4.57 Å². The van der Waals surface area contributed by atoms with Gasteiger partial charge < -0.3 is 0 Å². The molecule has 6 rings (SSSR count). The van der Waals surface area contributed by atoms with Crippen molar-refractivity contribution in [3.8, 4) is 22.4 Å². The molecular formula is C29H26N+. The highest BCUT2D eigenvalue weighted by atomic mass is 14.9. The minimum atomic E-state index is 1.02. The molecule has 1 nitrogen and oxygen atoms in total. The minimum absolute atomic E-state index is 1.02. The van der Waals surface area contributed by atoms with Crippen molar-refractivity contribution in [2.45, 2.75) is 33.1 Å². The van der Waals surface area contributed by atoms with E-state index in [0.717, 1.165) is 19.3 Å². The first-order valence-electron chi connectivity index (χ1n) is 10.9. The lowest BCUT2D eigenvalue weighted by molar-refractivity contribution is -0.660. The summed E-state index contributed by atoms with van der Waals surface area (Å²) in [7, 11) is 2.18. The summed E-state index contributed by atoms with van der Waals surface area (Å²) >= 11 is 0. The van der Waals surface area contributed by atoms with Crippen molar-refractivity contribution >= 4 is 0 Å². The third-order valence-electron chi connectivity index (χ3n) is 7.17. The van der Waals surface area contributed by atoms with Crippen molar-refractivity contribution in [2.75, 3.05) is 0 Å². The normalized spacial score (nSPS) is 13.4. The zero-order chi connectivity index (χ0) is 20.4. The maximum Gasteiger partial charge on any atom is 0.213 e. The van der Waals surface area contributed by atoms with E-state index in [1.54, 1.807) is 5.56 Å². The zero-order valence-electron chi connectivity index (χ0n) is 17.9. The molecule has 0 aliphatic heterocycles. The second-order valence-electron chi connectivity index (χ2n) is 8.97. The highest BCUT2D eigenvalue weighted by molar-refractivity contribution is 5.88. The molecule has 2 aliphatic carbocycles. The van der Waals surface area contributed by atoms with E-state index >= 15 is 0 Å². The molecule has 0 bridgehead atoms. The Morgan fingerprint density at radius 3 is 2.00 bits per heavy atom. The largest absolute Gasteiger partial charge is 0.213 e. The summed E-state index contributed by atoms with van der Waals surface area (Å²) in [6.07, 6.45) is 5.31. The Bertz CT molecular complexity index is 1340. The van der Waals surface area contributed by atoms with Crippen LogP contribution in [0.2, 0.25) is 0 Å². The molecule has 0 amide bonds. The summed E-state index contributed by atoms with van der Waals surface area (Å²) in [4.78, 5) is 0. The van der Waals surface area contributed by atoms with Crippen LogP contribution >= 0.6 is 0 Å². The molecule has 0 atom stereocenters. The fraction of sp³-hybridized carbons (Fsp3) is 0.207. The number of aryl methyl sites for hydroxylation is 2. The molecule has 4 aromatic rings. The number of fused-ring (bicyclic) bond motifs is 6. The second kappa shape index (κ2) is 6.40. The van der Waals surface area contributed by atoms with Crippen LogP contribution in [0.3, 0.4) is 0 Å². The summed E-state index contributed by atoms with van der Waals surface area (Å²) < 4.78 is 2.30. The van der Waals surface area contributed by atoms with Gasteiger partial charge in [0, 0.05) is 12.1 Å². The SMILES string of the molecule is Cc1cc[n+](C)c(-c2c(C)c3c(c4c2Cc2ccccc2C4)-c2ccccc2C3)c1. The number of benzene rings is 3. The van der Waals surface area contributed by atoms with Crippen LogP contribution in [-0.2, 0) is 26.3 Å². The van der Waals surface area contributed by atoms with Gasteiger partial charge in [0.1, 0.15) is 7.05 Å². The summed E-state index contributed by atoms with van der Waals surface area (Å²) in [6.45, 7) is 4.55. The minimum Gasteiger partial charge on any atom is -0.201 e. The third-order valence-corrected chi connectivity index (χ3v) is 7.17. The average molecular weight is 389 g/mol. The van der Waals surface area contributed by atoms with Gasteiger partial charge in [0.05, 0.1) is 5.56 Å². The summed E-state index contributed by atoms with van der Waals surface area (Å²) in [6, 6.07) is 22.6. The Balaban J connectivity index is 1.71. The molecule has 0 unspecified atom stereocenters. The first kappa shape index (κ1) is 17.7. The van der Waals surface area contributed by atoms with Gasteiger partial charge in [-0.15, -0.1) is 0 Å². The van der Waals surface area contributed by atoms with Gasteiger partial charge in [-0.25, -0.2) is 4.57 Å². The summed E-state index contributed by atoms with van der Waals surface area (Å²) in [5, 5.41) is 0. The van der Waals surface area contributed by atoms with Crippen molar-refractivity contribution in [1.82, 2.24) is 0 Å². The van der Waals surface area contributed by atoms with Gasteiger partial charge in [0.15, 0.2) is 6.20 Å². The number of pyridine rings is 1. The van der Waals surface area contributed by atoms with E-state index in [1.807, 2.05) is 0 Å². The van der Waals surface area contributed by atoms with Crippen LogP contribution in [0.4, 0.5) is 0 Å². The Labute approximate surface area is 178 Å². The molecule has 0 N–H and O–H groups in total. The van der Waals surface area contributed by atoms with E-state index in [-0.39, 0.29) is 0 Å². The van der Waals surface area contributed by atoms with Crippen LogP contribution in [0.1, 0.15) is 44.5 Å². The van der Waals surface area contributed by atoms with Crippen molar-refractivity contribution in [1.29, 1.82) is 0 Å². The second-order valence-corrected chi connectivity index (χ2v) is 8.97. The molecule has 3 aromatic carbocycles. The molecule has 30 heavy (non-hydrogen) atoms. The maximum absolute atomic E-state index is 2.36. The van der Waals surface area contributed by atoms with Crippen LogP contribution in [0, 0.1) is 13.8 Å². The standard InChI is InChI=1S/C29H26N/c1-18-12-13-30(3)27(14-18)28-19(2)24-17-22-10-6-7-11-23(22)29(24)26-16-21-9-5-4-8-20(21)15-25(26)28/h4-14H,15-17H2,1-3H3/q+1. The van der Waals surface area contributed by atoms with E-state index in [2.05, 4.69) is 92.3 Å². The van der Waals surface area contributed by atoms with Crippen molar-refractivity contribution in [2.24, 2.45) is 7.05 Å². The molecule has 1 aromatic heterocycles. The topological polar surface area (TPSA) is 3.88 Å². The van der Waals surface area contributed by atoms with E-state index in [4.69, 9.17) is 0 Å². The Kier molecular flexibility index (Phi) is 3.77. The monoisotopic (exact) mass is 388 g/mol. The van der Waals surface area contributed by atoms with Gasteiger partial charge in [-0.05, 0) is 88.7 Å². The lowest BCUT2D eigenvalue weighted by Crippen LogP contribution is -2.31. The Morgan fingerprint density at radius 1 is 0.667 bits per heavy atom. The average Bonchev–Trinajstić information content (AvgIpc) is 3.15. The predicted octanol–water partition coefficient (Wildman–Crippen LogP) is 5.86. The van der Waals surface area contributed by atoms with Gasteiger partial charge in [0.2, 0.25) is 5.69 Å². The van der Waals surface area contributed by atoms with E-state index in [1.165, 1.54) is 61.3 Å². The van der Waals surface area contributed by atoms with Crippen molar-refractivity contribution < 1.29 is 4.57 Å². The van der Waals surface area contributed by atoms with Crippen LogP contribution in [0.5, 0.6) is 0 Å². The lowest BCUT2D eigenvalue weighted by Gasteiger charge is -2.27. The number of rotatable bonds is 1. The third kappa shape index (κ3) is 2.45. The number of nitrogens with zero attached hydrogens (tertiary/aromatic N) is 1. The van der Waals surface area contributed by atoms with Crippen LogP contribution in [0.25, 0.3) is 22.4 Å². The highest BCUT2D eigenvalue weighted by Gasteiger charge is 2.33. The Morgan fingerprint density at radius 2 is 1.27 bits per heavy atom. The highest BCUT2D eigenvalue weighted by Crippen LogP contribution is 2.48. The zero-order valence-corrected chi connectivity index (χ0v) is 17.9. The maximum atomic E-state index is 2.36. The number of hydrogen-bond donors (Lipinski definition) is 0. The van der Waals surface area contributed by atoms with Gasteiger partial charge in [-0.3, -0.25) is 0 Å². The molecule has 1 heterocycles. The fourth-order valence-electron chi connectivity index (χ4n) is 5.65. The van der Waals surface area contributed by atoms with E-state index < -0.39 is 0 Å². The molecule has 0 saturated heterocycles. The Hall–Kier alpha value is -3.19. The van der Waals surface area contributed by atoms with Crippen LogP contribution in [-0.4, -0.2) is 0 Å². The molecule has 0 radical (unpaired) electrons. The lowest BCUT2D eigenvalue weighted by atomic mass is 9.76. The molecule has 0 fully saturated rings. The van der Waals surface area contributed by atoms with E-state index in [0.29, 0.717) is 0 Å². The molecule has 1 heteroatoms. The first-order valence-corrected chi connectivity index (χ1v) is 10.9. The van der Waals surface area contributed by atoms with E-state index in [9.17, 15) is 0 Å². The quantitative estimate of drug-likeness (QED) is 0.311. The smallest absolute Gasteiger partial charge is 0.201 e. The van der Waals surface area contributed by atoms with Gasteiger partial charge in [0.25, 0.3) is 0 Å². The molecule has 146 valence electrons. The van der Waals surface area contributed by atoms with Gasteiger partial charge >= 0.3 is 0 Å². The number of aromatic nitrogens is 1. The van der Waals surface area contributed by atoms with Crippen LogP contribution in [0.15, 0.2) is 66.9 Å². The summed E-state index contributed by atoms with van der Waals surface area (Å²) in [5.41, 5.74) is 17.6. The van der Waals surface area contributed by atoms with Crippen molar-refractivity contribution in [3.63, 3.8) is 0 Å². The molecular weight excluding hydrogens is 362 g/mol. The molecule has 2 aliphatic rings. The predicted molar refractivity (Wildman–Crippen MR) is 123 cm³/mol. The molecule has 0 spiro atoms. The summed E-state index contributed by atoms with van der Waals surface area (Å²) in [5.74, 6) is 0. The first-order chi connectivity index (χ1) is 14.6. The molecule has 0 saturated carbocycles. The number of hydrogen-bond acceptors (Lipinski definition) is 0. The van der Waals surface area contributed by atoms with Gasteiger partial charge in [-0.1, -0.05) is 48.5 Å².